The van der Waals surface area contributed by atoms with Crippen molar-refractivity contribution in [3.05, 3.63) is 0 Å². The van der Waals surface area contributed by atoms with Crippen molar-refractivity contribution in [2.75, 3.05) is 32.2 Å². The van der Waals surface area contributed by atoms with Gasteiger partial charge in [0.1, 0.15) is 6.04 Å². The van der Waals surface area contributed by atoms with Crippen LogP contribution in [0.2, 0.25) is 0 Å². The van der Waals surface area contributed by atoms with Crippen molar-refractivity contribution in [1.82, 2.24) is 4.90 Å². The van der Waals surface area contributed by atoms with E-state index in [2.05, 4.69) is 11.2 Å². The minimum absolute atomic E-state index is 0.0251. The van der Waals surface area contributed by atoms with Crippen molar-refractivity contribution in [2.24, 2.45) is 0 Å². The molecule has 4 heteroatoms. The number of ether oxygens (including phenoxy) is 1. The average Bonchev–Trinajstić information content (AvgIpc) is 2.61. The van der Waals surface area contributed by atoms with E-state index in [4.69, 9.17) is 4.74 Å². The van der Waals surface area contributed by atoms with E-state index in [-0.39, 0.29) is 12.0 Å². The van der Waals surface area contributed by atoms with E-state index in [1.54, 1.807) is 0 Å². The lowest BCUT2D eigenvalue weighted by Gasteiger charge is -2.21. The molecule has 0 spiro atoms. The van der Waals surface area contributed by atoms with Gasteiger partial charge in [-0.3, -0.25) is 9.69 Å². The van der Waals surface area contributed by atoms with Crippen molar-refractivity contribution in [3.63, 3.8) is 0 Å². The molecule has 0 N–H and O–H groups in total. The smallest absolute Gasteiger partial charge is 0.323 e. The molecule has 1 atom stereocenters. The van der Waals surface area contributed by atoms with Crippen LogP contribution in [0.4, 0.5) is 0 Å². The SMILES string of the molecule is COC(=O)C1CCCN1CCSC. The molecule has 1 unspecified atom stereocenters. The molecule has 0 bridgehead atoms. The highest BCUT2D eigenvalue weighted by molar-refractivity contribution is 7.98. The molecule has 3 nitrogen and oxygen atoms in total. The van der Waals surface area contributed by atoms with E-state index in [0.717, 1.165) is 31.7 Å². The van der Waals surface area contributed by atoms with Crippen LogP contribution in [0.5, 0.6) is 0 Å². The average molecular weight is 203 g/mol. The molecule has 13 heavy (non-hydrogen) atoms. The van der Waals surface area contributed by atoms with E-state index in [0.29, 0.717) is 0 Å². The van der Waals surface area contributed by atoms with E-state index >= 15 is 0 Å². The fraction of sp³-hybridized carbons (Fsp3) is 0.889. The first-order chi connectivity index (χ1) is 6.29. The molecule has 1 fully saturated rings. The summed E-state index contributed by atoms with van der Waals surface area (Å²) < 4.78 is 4.76. The monoisotopic (exact) mass is 203 g/mol. The van der Waals surface area contributed by atoms with Crippen LogP contribution in [0.25, 0.3) is 0 Å². The van der Waals surface area contributed by atoms with Crippen molar-refractivity contribution >= 4 is 17.7 Å². The lowest BCUT2D eigenvalue weighted by atomic mass is 10.2. The molecule has 0 amide bonds. The summed E-state index contributed by atoms with van der Waals surface area (Å²) in [5.41, 5.74) is 0. The van der Waals surface area contributed by atoms with Crippen molar-refractivity contribution < 1.29 is 9.53 Å². The molecule has 1 aliphatic heterocycles. The van der Waals surface area contributed by atoms with E-state index < -0.39 is 0 Å². The zero-order valence-corrected chi connectivity index (χ0v) is 9.10. The van der Waals surface area contributed by atoms with Crippen LogP contribution in [0.3, 0.4) is 0 Å². The van der Waals surface area contributed by atoms with Crippen LogP contribution in [0.1, 0.15) is 12.8 Å². The fourth-order valence-electron chi connectivity index (χ4n) is 1.71. The third-order valence-electron chi connectivity index (χ3n) is 2.42. The summed E-state index contributed by atoms with van der Waals surface area (Å²) in [6.07, 6.45) is 4.17. The molecule has 1 rings (SSSR count). The van der Waals surface area contributed by atoms with E-state index in [1.807, 2.05) is 11.8 Å². The maximum atomic E-state index is 11.3. The zero-order valence-electron chi connectivity index (χ0n) is 8.28. The Morgan fingerprint density at radius 2 is 2.46 bits per heavy atom. The maximum absolute atomic E-state index is 11.3. The Kier molecular flexibility index (Phi) is 4.59. The first kappa shape index (κ1) is 10.9. The Morgan fingerprint density at radius 3 is 3.08 bits per heavy atom. The van der Waals surface area contributed by atoms with Crippen molar-refractivity contribution in [1.29, 1.82) is 0 Å². The van der Waals surface area contributed by atoms with E-state index in [1.165, 1.54) is 7.11 Å². The predicted octanol–water partition coefficient (Wildman–Crippen LogP) is 0.987. The summed E-state index contributed by atoms with van der Waals surface area (Å²) >= 11 is 1.82. The molecule has 0 radical (unpaired) electrons. The van der Waals surface area contributed by atoms with Crippen LogP contribution in [0.15, 0.2) is 0 Å². The predicted molar refractivity (Wildman–Crippen MR) is 55.0 cm³/mol. The molecule has 1 aliphatic rings. The van der Waals surface area contributed by atoms with Gasteiger partial charge >= 0.3 is 5.97 Å². The van der Waals surface area contributed by atoms with E-state index in [9.17, 15) is 4.79 Å². The number of hydrogen-bond acceptors (Lipinski definition) is 4. The normalized spacial score (nSPS) is 23.4. The van der Waals surface area contributed by atoms with Gasteiger partial charge in [0.05, 0.1) is 7.11 Å². The van der Waals surface area contributed by atoms with Crippen LogP contribution < -0.4 is 0 Å². The third-order valence-corrected chi connectivity index (χ3v) is 3.01. The highest BCUT2D eigenvalue weighted by atomic mass is 32.2. The Labute approximate surface area is 83.8 Å². The molecular formula is C9H17NO2S. The summed E-state index contributed by atoms with van der Waals surface area (Å²) in [5, 5.41) is 0. The van der Waals surface area contributed by atoms with Crippen LogP contribution >= 0.6 is 11.8 Å². The molecule has 0 saturated carbocycles. The minimum atomic E-state index is -0.0707. The number of methoxy groups -OCH3 is 1. The Morgan fingerprint density at radius 1 is 1.69 bits per heavy atom. The van der Waals surface area contributed by atoms with Gasteiger partial charge in [-0.15, -0.1) is 0 Å². The Bertz CT molecular complexity index is 175. The second-order valence-corrected chi connectivity index (χ2v) is 4.20. The fourth-order valence-corrected chi connectivity index (χ4v) is 2.12. The van der Waals surface area contributed by atoms with Gasteiger partial charge in [-0.25, -0.2) is 0 Å². The summed E-state index contributed by atoms with van der Waals surface area (Å²) in [5.74, 6) is 1.02. The molecule has 1 saturated heterocycles. The number of carbonyl (C=O) groups excluding carboxylic acids is 1. The molecule has 0 aromatic rings. The molecule has 1 heterocycles. The minimum Gasteiger partial charge on any atom is -0.468 e. The van der Waals surface area contributed by atoms with Crippen LogP contribution in [0, 0.1) is 0 Å². The largest absolute Gasteiger partial charge is 0.468 e. The van der Waals surface area contributed by atoms with Gasteiger partial charge in [0.15, 0.2) is 0 Å². The second-order valence-electron chi connectivity index (χ2n) is 3.21. The lowest BCUT2D eigenvalue weighted by Crippen LogP contribution is -2.38. The van der Waals surface area contributed by atoms with Gasteiger partial charge in [0.2, 0.25) is 0 Å². The standard InChI is InChI=1S/C9H17NO2S/c1-12-9(11)8-4-3-5-10(8)6-7-13-2/h8H,3-7H2,1-2H3. The van der Waals surface area contributed by atoms with Gasteiger partial charge in [-0.2, -0.15) is 11.8 Å². The molecule has 0 aromatic heterocycles. The Hall–Kier alpha value is -0.220. The van der Waals surface area contributed by atoms with Gasteiger partial charge in [0.25, 0.3) is 0 Å². The lowest BCUT2D eigenvalue weighted by molar-refractivity contribution is -0.145. The van der Waals surface area contributed by atoms with Crippen molar-refractivity contribution in [3.8, 4) is 0 Å². The Balaban J connectivity index is 2.39. The highest BCUT2D eigenvalue weighted by Crippen LogP contribution is 2.18. The van der Waals surface area contributed by atoms with Crippen molar-refractivity contribution in [2.45, 2.75) is 18.9 Å². The molecule has 0 aromatic carbocycles. The molecule has 76 valence electrons. The molecular weight excluding hydrogens is 186 g/mol. The van der Waals surface area contributed by atoms with Gasteiger partial charge in [-0.05, 0) is 25.6 Å². The number of likely N-dealkylation sites (tertiary alicyclic amines) is 1. The molecule has 0 aliphatic carbocycles. The third kappa shape index (κ3) is 2.88. The maximum Gasteiger partial charge on any atom is 0.323 e. The van der Waals surface area contributed by atoms with Gasteiger partial charge in [-0.1, -0.05) is 0 Å². The first-order valence-electron chi connectivity index (χ1n) is 4.60. The number of esters is 1. The number of rotatable bonds is 4. The summed E-state index contributed by atoms with van der Waals surface area (Å²) in [6, 6.07) is 0.0251. The number of hydrogen-bond donors (Lipinski definition) is 0. The topological polar surface area (TPSA) is 29.5 Å². The zero-order chi connectivity index (χ0) is 9.68. The number of nitrogens with zero attached hydrogens (tertiary/aromatic N) is 1. The quantitative estimate of drug-likeness (QED) is 0.637. The summed E-state index contributed by atoms with van der Waals surface area (Å²) in [7, 11) is 1.47. The number of carbonyl (C=O) groups is 1. The number of thioether (sulfide) groups is 1. The van der Waals surface area contributed by atoms with Gasteiger partial charge in [0, 0.05) is 12.3 Å². The first-order valence-corrected chi connectivity index (χ1v) is 5.99. The van der Waals surface area contributed by atoms with Crippen LogP contribution in [-0.2, 0) is 9.53 Å². The summed E-state index contributed by atoms with van der Waals surface area (Å²) in [4.78, 5) is 13.5. The highest BCUT2D eigenvalue weighted by Gasteiger charge is 2.30. The second kappa shape index (κ2) is 5.50. The van der Waals surface area contributed by atoms with Crippen LogP contribution in [-0.4, -0.2) is 49.1 Å². The van der Waals surface area contributed by atoms with Gasteiger partial charge < -0.3 is 4.74 Å². The summed E-state index contributed by atoms with van der Waals surface area (Å²) in [6.45, 7) is 2.04.